The van der Waals surface area contributed by atoms with Gasteiger partial charge in [0.1, 0.15) is 11.5 Å². The predicted octanol–water partition coefficient (Wildman–Crippen LogP) is 6.77. The van der Waals surface area contributed by atoms with Crippen molar-refractivity contribution in [3.05, 3.63) is 59.7 Å². The van der Waals surface area contributed by atoms with Crippen LogP contribution in [0.2, 0.25) is 0 Å². The SMILES string of the molecule is CC(C)COC(=O)c1ccc2c3ccc(O)c4c(C(=O)OCC(C)C)ccc(c5ccc(O)c1c52)c43. The van der Waals surface area contributed by atoms with Crippen molar-refractivity contribution in [3.63, 3.8) is 0 Å². The zero-order valence-corrected chi connectivity index (χ0v) is 20.7. The van der Waals surface area contributed by atoms with Crippen molar-refractivity contribution in [1.29, 1.82) is 0 Å². The molecular formula is C30H28O6. The zero-order chi connectivity index (χ0) is 25.7. The van der Waals surface area contributed by atoms with Gasteiger partial charge in [-0.05, 0) is 57.6 Å². The lowest BCUT2D eigenvalue weighted by Gasteiger charge is -2.19. The Hall–Kier alpha value is -4.06. The first-order valence-electron chi connectivity index (χ1n) is 12.1. The summed E-state index contributed by atoms with van der Waals surface area (Å²) in [6.07, 6.45) is 0. The molecule has 0 unspecified atom stereocenters. The lowest BCUT2D eigenvalue weighted by Crippen LogP contribution is -2.11. The van der Waals surface area contributed by atoms with Crippen molar-refractivity contribution in [2.24, 2.45) is 11.8 Å². The molecule has 0 aromatic heterocycles. The van der Waals surface area contributed by atoms with E-state index >= 15 is 0 Å². The summed E-state index contributed by atoms with van der Waals surface area (Å²) in [5.74, 6) is -0.652. The van der Waals surface area contributed by atoms with Gasteiger partial charge in [0.2, 0.25) is 0 Å². The van der Waals surface area contributed by atoms with Crippen LogP contribution < -0.4 is 0 Å². The Morgan fingerprint density at radius 2 is 0.917 bits per heavy atom. The molecule has 0 saturated carbocycles. The number of benzene rings is 5. The van der Waals surface area contributed by atoms with Gasteiger partial charge < -0.3 is 19.7 Å². The number of hydrogen-bond acceptors (Lipinski definition) is 6. The normalized spacial score (nSPS) is 11.9. The predicted molar refractivity (Wildman–Crippen MR) is 141 cm³/mol. The highest BCUT2D eigenvalue weighted by Gasteiger charge is 2.24. The number of aromatic hydroxyl groups is 2. The minimum Gasteiger partial charge on any atom is -0.507 e. The second-order valence-electron chi connectivity index (χ2n) is 10.1. The van der Waals surface area contributed by atoms with Crippen LogP contribution >= 0.6 is 0 Å². The summed E-state index contributed by atoms with van der Waals surface area (Å²) >= 11 is 0. The van der Waals surface area contributed by atoms with Crippen LogP contribution in [-0.4, -0.2) is 35.4 Å². The molecule has 0 bridgehead atoms. The maximum atomic E-state index is 12.9. The summed E-state index contributed by atoms with van der Waals surface area (Å²) in [5.41, 5.74) is 0.585. The molecule has 2 N–H and O–H groups in total. The molecule has 36 heavy (non-hydrogen) atoms. The molecule has 5 rings (SSSR count). The number of fused-ring (bicyclic) bond motifs is 2. The van der Waals surface area contributed by atoms with Crippen molar-refractivity contribution >= 4 is 55.0 Å². The largest absolute Gasteiger partial charge is 0.507 e. The standard InChI is InChI=1S/C30H28O6/c1-15(2)13-35-29(33)21-7-5-17-20-10-12-24(32)28-22(30(34)36-14-16(3)4)8-6-18(26(20)28)19-9-11-23(31)27(21)25(17)19/h5-12,15-16,31-32H,13-14H2,1-4H3. The third-order valence-electron chi connectivity index (χ3n) is 6.39. The number of rotatable bonds is 6. The first-order valence-corrected chi connectivity index (χ1v) is 12.1. The van der Waals surface area contributed by atoms with Gasteiger partial charge in [-0.1, -0.05) is 52.0 Å². The van der Waals surface area contributed by atoms with Gasteiger partial charge in [-0.15, -0.1) is 0 Å². The molecule has 0 amide bonds. The van der Waals surface area contributed by atoms with Crippen molar-refractivity contribution in [2.45, 2.75) is 27.7 Å². The summed E-state index contributed by atoms with van der Waals surface area (Å²) < 4.78 is 10.9. The Kier molecular flexibility index (Phi) is 5.83. The Morgan fingerprint density at radius 3 is 1.25 bits per heavy atom. The van der Waals surface area contributed by atoms with Crippen LogP contribution in [0.5, 0.6) is 11.5 Å². The summed E-state index contributed by atoms with van der Waals surface area (Å²) in [6.45, 7) is 8.40. The maximum absolute atomic E-state index is 12.9. The van der Waals surface area contributed by atoms with Gasteiger partial charge in [-0.3, -0.25) is 0 Å². The van der Waals surface area contributed by atoms with Crippen LogP contribution in [0.15, 0.2) is 48.5 Å². The molecule has 0 atom stereocenters. The maximum Gasteiger partial charge on any atom is 0.338 e. The summed E-state index contributed by atoms with van der Waals surface area (Å²) in [7, 11) is 0. The molecule has 5 aromatic carbocycles. The fourth-order valence-electron chi connectivity index (χ4n) is 4.83. The van der Waals surface area contributed by atoms with Crippen molar-refractivity contribution in [1.82, 2.24) is 0 Å². The smallest absolute Gasteiger partial charge is 0.338 e. The zero-order valence-electron chi connectivity index (χ0n) is 20.7. The third-order valence-corrected chi connectivity index (χ3v) is 6.39. The van der Waals surface area contributed by atoms with Crippen LogP contribution in [0.3, 0.4) is 0 Å². The van der Waals surface area contributed by atoms with E-state index < -0.39 is 11.9 Å². The Morgan fingerprint density at radius 1 is 0.583 bits per heavy atom. The van der Waals surface area contributed by atoms with Crippen LogP contribution in [-0.2, 0) is 9.47 Å². The van der Waals surface area contributed by atoms with Crippen molar-refractivity contribution in [3.8, 4) is 11.5 Å². The fraction of sp³-hybridized carbons (Fsp3) is 0.267. The highest BCUT2D eigenvalue weighted by atomic mass is 16.5. The molecule has 0 aliphatic carbocycles. The number of phenols is 2. The number of hydrogen-bond donors (Lipinski definition) is 2. The number of phenolic OH excluding ortho intramolecular Hbond substituents is 2. The summed E-state index contributed by atoms with van der Waals surface area (Å²) in [6, 6.07) is 13.7. The monoisotopic (exact) mass is 484 g/mol. The Bertz CT molecular complexity index is 1500. The van der Waals surface area contributed by atoms with E-state index in [0.717, 1.165) is 32.3 Å². The van der Waals surface area contributed by atoms with E-state index in [1.54, 1.807) is 36.4 Å². The number of carbonyl (C=O) groups excluding carboxylic acids is 2. The molecule has 0 aliphatic rings. The number of ether oxygens (including phenoxy) is 2. The highest BCUT2D eigenvalue weighted by molar-refractivity contribution is 6.36. The second kappa shape index (κ2) is 8.86. The molecule has 6 nitrogen and oxygen atoms in total. The van der Waals surface area contributed by atoms with Crippen LogP contribution in [0.4, 0.5) is 0 Å². The number of carbonyl (C=O) groups is 2. The second-order valence-corrected chi connectivity index (χ2v) is 10.1. The van der Waals surface area contributed by atoms with Gasteiger partial charge in [-0.2, -0.15) is 0 Å². The Labute approximate surface area is 208 Å². The van der Waals surface area contributed by atoms with Gasteiger partial charge in [0, 0.05) is 21.5 Å². The molecular weight excluding hydrogens is 456 g/mol. The van der Waals surface area contributed by atoms with Crippen molar-refractivity contribution in [2.75, 3.05) is 13.2 Å². The number of esters is 2. The average molecular weight is 485 g/mol. The van der Waals surface area contributed by atoms with E-state index in [2.05, 4.69) is 0 Å². The summed E-state index contributed by atoms with van der Waals surface area (Å²) in [5, 5.41) is 27.2. The van der Waals surface area contributed by atoms with Crippen LogP contribution in [0, 0.1) is 11.8 Å². The lowest BCUT2D eigenvalue weighted by molar-refractivity contribution is 0.0453. The van der Waals surface area contributed by atoms with Crippen molar-refractivity contribution < 1.29 is 29.3 Å². The molecule has 0 fully saturated rings. The summed E-state index contributed by atoms with van der Waals surface area (Å²) in [4.78, 5) is 25.9. The van der Waals surface area contributed by atoms with E-state index in [1.165, 1.54) is 0 Å². The molecule has 0 radical (unpaired) electrons. The first-order chi connectivity index (χ1) is 17.2. The van der Waals surface area contributed by atoms with Gasteiger partial charge in [0.25, 0.3) is 0 Å². The molecule has 0 aliphatic heterocycles. The Balaban J connectivity index is 1.83. The van der Waals surface area contributed by atoms with Gasteiger partial charge in [0.15, 0.2) is 0 Å². The van der Waals surface area contributed by atoms with Gasteiger partial charge >= 0.3 is 11.9 Å². The minimum atomic E-state index is -0.493. The molecule has 0 spiro atoms. The van der Waals surface area contributed by atoms with Gasteiger partial charge in [-0.25, -0.2) is 9.59 Å². The van der Waals surface area contributed by atoms with Crippen LogP contribution in [0.25, 0.3) is 43.1 Å². The third kappa shape index (κ3) is 3.73. The van der Waals surface area contributed by atoms with Crippen LogP contribution in [0.1, 0.15) is 48.4 Å². The quantitative estimate of drug-likeness (QED) is 0.157. The first kappa shape index (κ1) is 23.7. The molecule has 5 aromatic rings. The van der Waals surface area contributed by atoms with E-state index in [9.17, 15) is 19.8 Å². The molecule has 6 heteroatoms. The van der Waals surface area contributed by atoms with E-state index in [0.29, 0.717) is 21.9 Å². The minimum absolute atomic E-state index is 0.0144. The lowest BCUT2D eigenvalue weighted by atomic mass is 9.86. The van der Waals surface area contributed by atoms with E-state index in [4.69, 9.17) is 9.47 Å². The van der Waals surface area contributed by atoms with Gasteiger partial charge in [0.05, 0.1) is 24.3 Å². The molecule has 0 heterocycles. The fourth-order valence-corrected chi connectivity index (χ4v) is 4.83. The highest BCUT2D eigenvalue weighted by Crippen LogP contribution is 2.46. The average Bonchev–Trinajstić information content (AvgIpc) is 2.85. The molecule has 184 valence electrons. The molecule has 0 saturated heterocycles. The van der Waals surface area contributed by atoms with E-state index in [-0.39, 0.29) is 36.5 Å². The van der Waals surface area contributed by atoms with E-state index in [1.807, 2.05) is 39.8 Å². The topological polar surface area (TPSA) is 93.1 Å².